The molecule has 0 saturated carbocycles. The predicted molar refractivity (Wildman–Crippen MR) is 129 cm³/mol. The lowest BCUT2D eigenvalue weighted by Crippen LogP contribution is -2.45. The molecule has 1 saturated heterocycles. The van der Waals surface area contributed by atoms with Crippen LogP contribution in [0.3, 0.4) is 0 Å². The highest BCUT2D eigenvalue weighted by Crippen LogP contribution is 2.33. The lowest BCUT2D eigenvalue weighted by atomic mass is 10.1. The normalized spacial score (nSPS) is 16.6. The molecule has 0 aliphatic carbocycles. The van der Waals surface area contributed by atoms with Crippen molar-refractivity contribution in [2.75, 3.05) is 5.32 Å². The van der Waals surface area contributed by atoms with Gasteiger partial charge in [0.2, 0.25) is 5.91 Å². The number of anilines is 1. The number of halogens is 1. The van der Waals surface area contributed by atoms with Crippen LogP contribution >= 0.6 is 23.4 Å². The van der Waals surface area contributed by atoms with Gasteiger partial charge in [-0.25, -0.2) is 4.99 Å². The van der Waals surface area contributed by atoms with Crippen LogP contribution in [-0.4, -0.2) is 32.5 Å². The number of thioether (sulfide) groups is 1. The van der Waals surface area contributed by atoms with Gasteiger partial charge in [-0.2, -0.15) is 0 Å². The van der Waals surface area contributed by atoms with E-state index in [0.29, 0.717) is 26.5 Å². The van der Waals surface area contributed by atoms with E-state index in [0.717, 1.165) is 16.6 Å². The summed E-state index contributed by atoms with van der Waals surface area (Å²) in [5.74, 6) is -0.606. The summed E-state index contributed by atoms with van der Waals surface area (Å²) < 4.78 is 0. The number of aromatic nitrogens is 2. The molecule has 32 heavy (non-hydrogen) atoms. The highest BCUT2D eigenvalue weighted by atomic mass is 35.5. The van der Waals surface area contributed by atoms with Gasteiger partial charge in [0, 0.05) is 18.1 Å². The van der Waals surface area contributed by atoms with Gasteiger partial charge in [0.15, 0.2) is 5.17 Å². The molecular formula is C22H19ClN6O2S. The number of hydrogen-bond donors (Lipinski definition) is 3. The fourth-order valence-electron chi connectivity index (χ4n) is 2.78. The zero-order valence-corrected chi connectivity index (χ0v) is 18.8. The summed E-state index contributed by atoms with van der Waals surface area (Å²) in [6.45, 7) is 3.22. The number of amidine groups is 1. The zero-order valence-electron chi connectivity index (χ0n) is 17.2. The smallest absolute Gasteiger partial charge is 0.264 e. The number of fused-ring (bicyclic) bond motifs is 1. The fraction of sp³-hybridized carbons (Fsp3) is 0.136. The van der Waals surface area contributed by atoms with E-state index < -0.39 is 5.54 Å². The van der Waals surface area contributed by atoms with Gasteiger partial charge in [0.25, 0.3) is 5.91 Å². The van der Waals surface area contributed by atoms with E-state index in [1.165, 1.54) is 11.8 Å². The number of aliphatic imine (C=N–C) groups is 1. The van der Waals surface area contributed by atoms with E-state index in [9.17, 15) is 9.59 Å². The molecule has 2 heterocycles. The van der Waals surface area contributed by atoms with Crippen LogP contribution in [0, 0.1) is 0 Å². The molecular weight excluding hydrogens is 448 g/mol. The van der Waals surface area contributed by atoms with Crippen LogP contribution in [0.1, 0.15) is 19.4 Å². The third-order valence-corrected chi connectivity index (χ3v) is 5.68. The van der Waals surface area contributed by atoms with E-state index in [2.05, 4.69) is 25.6 Å². The van der Waals surface area contributed by atoms with Gasteiger partial charge < -0.3 is 16.4 Å². The molecule has 1 fully saturated rings. The molecule has 0 bridgehead atoms. The second kappa shape index (κ2) is 8.70. The first-order chi connectivity index (χ1) is 15.2. The molecule has 4 N–H and O–H groups in total. The van der Waals surface area contributed by atoms with Gasteiger partial charge in [-0.05, 0) is 67.6 Å². The van der Waals surface area contributed by atoms with Gasteiger partial charge >= 0.3 is 0 Å². The van der Waals surface area contributed by atoms with Crippen molar-refractivity contribution in [3.63, 3.8) is 0 Å². The first kappa shape index (κ1) is 21.9. The molecule has 1 aliphatic heterocycles. The van der Waals surface area contributed by atoms with Crippen LogP contribution < -0.4 is 16.4 Å². The van der Waals surface area contributed by atoms with E-state index in [1.54, 1.807) is 50.5 Å². The maximum atomic E-state index is 12.4. The first-order valence-corrected chi connectivity index (χ1v) is 10.8. The summed E-state index contributed by atoms with van der Waals surface area (Å²) in [5, 5.41) is 6.22. The molecule has 2 amide bonds. The third-order valence-electron chi connectivity index (χ3n) is 4.45. The van der Waals surface area contributed by atoms with Crippen molar-refractivity contribution in [2.24, 2.45) is 10.7 Å². The van der Waals surface area contributed by atoms with Gasteiger partial charge in [0.05, 0.1) is 32.2 Å². The molecule has 8 nitrogen and oxygen atoms in total. The number of hydrogen-bond acceptors (Lipinski definition) is 7. The number of nitrogens with one attached hydrogen (secondary N) is 2. The van der Waals surface area contributed by atoms with Crippen molar-refractivity contribution < 1.29 is 9.59 Å². The largest absolute Gasteiger partial charge is 0.324 e. The summed E-state index contributed by atoms with van der Waals surface area (Å²) in [6, 6.07) is 10.5. The Bertz CT molecular complexity index is 1300. The fourth-order valence-corrected chi connectivity index (χ4v) is 3.77. The Kier molecular flexibility index (Phi) is 5.96. The van der Waals surface area contributed by atoms with Crippen LogP contribution in [0.5, 0.6) is 0 Å². The second-order valence-electron chi connectivity index (χ2n) is 7.63. The summed E-state index contributed by atoms with van der Waals surface area (Å²) in [4.78, 5) is 38.0. The monoisotopic (exact) mass is 466 g/mol. The van der Waals surface area contributed by atoms with Crippen LogP contribution in [-0.2, 0) is 9.59 Å². The number of rotatable bonds is 4. The molecule has 0 atom stereocenters. The van der Waals surface area contributed by atoms with Gasteiger partial charge in [-0.1, -0.05) is 17.7 Å². The Hall–Kier alpha value is -3.27. The molecule has 4 rings (SSSR count). The Balaban J connectivity index is 1.57. The van der Waals surface area contributed by atoms with Crippen LogP contribution in [0.15, 0.2) is 58.7 Å². The number of amides is 2. The van der Waals surface area contributed by atoms with Crippen molar-refractivity contribution >= 4 is 68.8 Å². The summed E-state index contributed by atoms with van der Waals surface area (Å²) in [7, 11) is 0. The molecule has 162 valence electrons. The molecule has 0 unspecified atom stereocenters. The standard InChI is InChI=1S/C22H19ClN6O2S/c1-22(2,24)20(31)27-13-4-5-14(23)16(11-13)28-21-29-19(30)18(32-21)10-12-3-6-15-17(9-12)26-8-7-25-15/h3-11H,24H2,1-2H3,(H,27,31)(H,28,29,30). The number of carbonyl (C=O) groups is 2. The summed E-state index contributed by atoms with van der Waals surface area (Å²) in [5.41, 5.74) is 8.04. The lowest BCUT2D eigenvalue weighted by Gasteiger charge is -2.18. The van der Waals surface area contributed by atoms with E-state index >= 15 is 0 Å². The summed E-state index contributed by atoms with van der Waals surface area (Å²) in [6.07, 6.45) is 5.01. The van der Waals surface area contributed by atoms with Gasteiger partial charge in [-0.15, -0.1) is 0 Å². The van der Waals surface area contributed by atoms with Crippen molar-refractivity contribution in [3.8, 4) is 0 Å². The van der Waals surface area contributed by atoms with Gasteiger partial charge in [0.1, 0.15) is 0 Å². The van der Waals surface area contributed by atoms with Crippen LogP contribution in [0.4, 0.5) is 11.4 Å². The molecule has 2 aromatic carbocycles. The zero-order chi connectivity index (χ0) is 22.9. The topological polar surface area (TPSA) is 122 Å². The molecule has 0 spiro atoms. The van der Waals surface area contributed by atoms with Crippen molar-refractivity contribution in [1.82, 2.24) is 15.3 Å². The Morgan fingerprint density at radius 3 is 2.69 bits per heavy atom. The van der Waals surface area contributed by atoms with E-state index in [1.807, 2.05) is 18.2 Å². The predicted octanol–water partition coefficient (Wildman–Crippen LogP) is 3.85. The quantitative estimate of drug-likeness (QED) is 0.502. The van der Waals surface area contributed by atoms with Crippen LogP contribution in [0.2, 0.25) is 5.02 Å². The lowest BCUT2D eigenvalue weighted by molar-refractivity contribution is -0.120. The highest BCUT2D eigenvalue weighted by Gasteiger charge is 2.25. The minimum Gasteiger partial charge on any atom is -0.324 e. The average molecular weight is 467 g/mol. The minimum atomic E-state index is -1.03. The Morgan fingerprint density at radius 2 is 1.94 bits per heavy atom. The average Bonchev–Trinajstić information content (AvgIpc) is 3.08. The van der Waals surface area contributed by atoms with Crippen molar-refractivity contribution in [3.05, 3.63) is 64.3 Å². The van der Waals surface area contributed by atoms with E-state index in [-0.39, 0.29) is 11.8 Å². The molecule has 1 aromatic heterocycles. The molecule has 10 heteroatoms. The molecule has 3 aromatic rings. The minimum absolute atomic E-state index is 0.265. The molecule has 1 aliphatic rings. The number of nitrogens with zero attached hydrogens (tertiary/aromatic N) is 3. The summed E-state index contributed by atoms with van der Waals surface area (Å²) >= 11 is 7.46. The SMILES string of the molecule is CC(C)(N)C(=O)Nc1ccc(Cl)c(N=C2NC(=O)C(=Cc3ccc4nccnc4c3)S2)c1. The maximum absolute atomic E-state index is 12.4. The third kappa shape index (κ3) is 4.96. The van der Waals surface area contributed by atoms with Crippen molar-refractivity contribution in [2.45, 2.75) is 19.4 Å². The van der Waals surface area contributed by atoms with Crippen molar-refractivity contribution in [1.29, 1.82) is 0 Å². The Labute approximate surface area is 193 Å². The highest BCUT2D eigenvalue weighted by molar-refractivity contribution is 8.18. The van der Waals surface area contributed by atoms with Gasteiger partial charge in [-0.3, -0.25) is 19.6 Å². The number of nitrogens with two attached hydrogens (primary N) is 1. The Morgan fingerprint density at radius 1 is 1.19 bits per heavy atom. The first-order valence-electron chi connectivity index (χ1n) is 9.59. The van der Waals surface area contributed by atoms with Crippen LogP contribution in [0.25, 0.3) is 17.1 Å². The number of carbonyl (C=O) groups excluding carboxylic acids is 2. The second-order valence-corrected chi connectivity index (χ2v) is 9.07. The number of benzene rings is 2. The van der Waals surface area contributed by atoms with E-state index in [4.69, 9.17) is 17.3 Å². The molecule has 0 radical (unpaired) electrons. The maximum Gasteiger partial charge on any atom is 0.264 e.